The van der Waals surface area contributed by atoms with Crippen molar-refractivity contribution in [2.75, 3.05) is 4.90 Å². The average molecular weight is 716 g/mol. The zero-order valence-corrected chi connectivity index (χ0v) is 30.7. The molecule has 2 aliphatic rings. The second kappa shape index (κ2) is 11.6. The first-order valence-corrected chi connectivity index (χ1v) is 19.8. The number of nitrogens with zero attached hydrogens (tertiary/aromatic N) is 1. The Morgan fingerprint density at radius 1 is 0.345 bits per heavy atom. The van der Waals surface area contributed by atoms with Crippen LogP contribution in [0.5, 0.6) is 0 Å². The predicted octanol–water partition coefficient (Wildman–Crippen LogP) is 14.7. The highest BCUT2D eigenvalue weighted by atomic mass is 32.1. The van der Waals surface area contributed by atoms with Gasteiger partial charge in [-0.15, -0.1) is 11.3 Å². The molecule has 0 bridgehead atoms. The van der Waals surface area contributed by atoms with Gasteiger partial charge < -0.3 is 4.90 Å². The van der Waals surface area contributed by atoms with E-state index in [1.807, 2.05) is 11.3 Å². The molecular formula is C53H33NS. The van der Waals surface area contributed by atoms with Crippen LogP contribution in [-0.2, 0) is 5.41 Å². The zero-order valence-electron chi connectivity index (χ0n) is 29.9. The van der Waals surface area contributed by atoms with Gasteiger partial charge in [-0.3, -0.25) is 0 Å². The Hall–Kier alpha value is -6.74. The summed E-state index contributed by atoms with van der Waals surface area (Å²) in [6, 6.07) is 74.5. The minimum Gasteiger partial charge on any atom is -0.310 e. The van der Waals surface area contributed by atoms with Crippen molar-refractivity contribution in [3.63, 3.8) is 0 Å². The van der Waals surface area contributed by atoms with Gasteiger partial charge in [0.05, 0.1) is 11.1 Å². The van der Waals surface area contributed by atoms with E-state index in [2.05, 4.69) is 205 Å². The van der Waals surface area contributed by atoms with Gasteiger partial charge in [0.1, 0.15) is 0 Å². The summed E-state index contributed by atoms with van der Waals surface area (Å²) in [5, 5.41) is 5.22. The Labute approximate surface area is 324 Å². The van der Waals surface area contributed by atoms with E-state index in [0.717, 1.165) is 17.1 Å². The molecule has 0 unspecified atom stereocenters. The molecule has 1 aromatic heterocycles. The normalized spacial score (nSPS) is 13.2. The second-order valence-electron chi connectivity index (χ2n) is 14.7. The van der Waals surface area contributed by atoms with Crippen molar-refractivity contribution in [2.24, 2.45) is 0 Å². The first-order valence-electron chi connectivity index (χ1n) is 19.0. The summed E-state index contributed by atoms with van der Waals surface area (Å²) in [5.74, 6) is 0. The Kier molecular flexibility index (Phi) is 6.49. The third-order valence-corrected chi connectivity index (χ3v) is 13.2. The molecule has 0 saturated heterocycles. The summed E-state index contributed by atoms with van der Waals surface area (Å²) in [6.45, 7) is 0. The van der Waals surface area contributed by atoms with E-state index < -0.39 is 5.41 Å². The highest BCUT2D eigenvalue weighted by Gasteiger charge is 2.51. The molecule has 9 aromatic carbocycles. The van der Waals surface area contributed by atoms with Crippen LogP contribution in [0.3, 0.4) is 0 Å². The molecule has 0 fully saturated rings. The maximum Gasteiger partial charge on any atom is 0.0726 e. The molecule has 1 spiro atoms. The van der Waals surface area contributed by atoms with Crippen LogP contribution in [0.1, 0.15) is 22.3 Å². The Balaban J connectivity index is 1.14. The van der Waals surface area contributed by atoms with Crippen molar-refractivity contribution in [1.29, 1.82) is 0 Å². The topological polar surface area (TPSA) is 3.24 Å². The van der Waals surface area contributed by atoms with Crippen molar-refractivity contribution >= 4 is 59.3 Å². The number of fused-ring (bicyclic) bond motifs is 15. The van der Waals surface area contributed by atoms with Crippen LogP contribution in [0.25, 0.3) is 64.3 Å². The third kappa shape index (κ3) is 4.18. The van der Waals surface area contributed by atoms with Crippen molar-refractivity contribution in [3.05, 3.63) is 222 Å². The number of para-hydroxylation sites is 2. The van der Waals surface area contributed by atoms with Crippen LogP contribution in [0.4, 0.5) is 17.1 Å². The lowest BCUT2D eigenvalue weighted by molar-refractivity contribution is 0.793. The van der Waals surface area contributed by atoms with Crippen molar-refractivity contribution in [1.82, 2.24) is 0 Å². The lowest BCUT2D eigenvalue weighted by atomic mass is 9.70. The van der Waals surface area contributed by atoms with Gasteiger partial charge in [-0.05, 0) is 103 Å². The summed E-state index contributed by atoms with van der Waals surface area (Å²) in [6.07, 6.45) is 0. The molecular weight excluding hydrogens is 683 g/mol. The molecule has 1 nitrogen and oxygen atoms in total. The van der Waals surface area contributed by atoms with Gasteiger partial charge in [-0.2, -0.15) is 0 Å². The standard InChI is InChI=1S/C53H33NS/c1-2-16-35(17-3-1)54(48-27-12-7-21-41(48)42-23-14-15-34-29-32-50-52(51(34)42)43-22-8-13-28-49(43)55-50)36-30-31-40-39-20-6-11-26-46(39)53(47(40)33-36)44-24-9-4-18-37(44)38-19-5-10-25-45(38)53/h1-33H. The monoisotopic (exact) mass is 715 g/mol. The molecule has 0 atom stereocenters. The maximum atomic E-state index is 2.49. The van der Waals surface area contributed by atoms with E-state index in [0.29, 0.717) is 0 Å². The molecule has 0 aliphatic heterocycles. The van der Waals surface area contributed by atoms with E-state index in [4.69, 9.17) is 0 Å². The van der Waals surface area contributed by atoms with Gasteiger partial charge in [0.25, 0.3) is 0 Å². The molecule has 256 valence electrons. The van der Waals surface area contributed by atoms with Gasteiger partial charge in [0.2, 0.25) is 0 Å². The molecule has 0 saturated carbocycles. The first-order chi connectivity index (χ1) is 27.3. The summed E-state index contributed by atoms with van der Waals surface area (Å²) in [7, 11) is 0. The van der Waals surface area contributed by atoms with Gasteiger partial charge in [-0.1, -0.05) is 158 Å². The average Bonchev–Trinajstić information content (AvgIpc) is 3.88. The lowest BCUT2D eigenvalue weighted by Gasteiger charge is -2.32. The molecule has 2 heteroatoms. The number of anilines is 3. The SMILES string of the molecule is c1ccc(N(c2ccc3c(c2)C2(c4ccccc4-c4ccccc42)c2ccccc2-3)c2ccccc2-c2cccc3ccc4sc5ccccc5c4c23)cc1. The number of hydrogen-bond donors (Lipinski definition) is 0. The van der Waals surface area contributed by atoms with Crippen molar-refractivity contribution < 1.29 is 0 Å². The summed E-state index contributed by atoms with van der Waals surface area (Å²) in [4.78, 5) is 2.48. The predicted molar refractivity (Wildman–Crippen MR) is 233 cm³/mol. The van der Waals surface area contributed by atoms with E-state index in [9.17, 15) is 0 Å². The van der Waals surface area contributed by atoms with Crippen LogP contribution in [0, 0.1) is 0 Å². The number of hydrogen-bond acceptors (Lipinski definition) is 2. The molecule has 0 amide bonds. The fraction of sp³-hybridized carbons (Fsp3) is 0.0189. The molecule has 1 heterocycles. The Bertz CT molecular complexity index is 3110. The molecule has 0 N–H and O–H groups in total. The quantitative estimate of drug-likeness (QED) is 0.175. The van der Waals surface area contributed by atoms with Crippen LogP contribution < -0.4 is 4.90 Å². The smallest absolute Gasteiger partial charge is 0.0726 e. The van der Waals surface area contributed by atoms with Gasteiger partial charge in [0, 0.05) is 37.1 Å². The fourth-order valence-electron chi connectivity index (χ4n) is 9.94. The fourth-order valence-corrected chi connectivity index (χ4v) is 11.1. The number of thiophene rings is 1. The lowest BCUT2D eigenvalue weighted by Crippen LogP contribution is -2.26. The third-order valence-electron chi connectivity index (χ3n) is 12.1. The van der Waals surface area contributed by atoms with Crippen LogP contribution >= 0.6 is 11.3 Å². The van der Waals surface area contributed by atoms with E-state index >= 15 is 0 Å². The van der Waals surface area contributed by atoms with Crippen molar-refractivity contribution in [2.45, 2.75) is 5.41 Å². The summed E-state index contributed by atoms with van der Waals surface area (Å²) in [5.41, 5.74) is 16.1. The maximum absolute atomic E-state index is 2.49. The Morgan fingerprint density at radius 3 is 1.65 bits per heavy atom. The molecule has 10 aromatic rings. The molecule has 12 rings (SSSR count). The van der Waals surface area contributed by atoms with Crippen LogP contribution in [0.2, 0.25) is 0 Å². The molecule has 2 aliphatic carbocycles. The highest BCUT2D eigenvalue weighted by molar-refractivity contribution is 7.26. The summed E-state index contributed by atoms with van der Waals surface area (Å²) < 4.78 is 2.64. The van der Waals surface area contributed by atoms with Crippen molar-refractivity contribution in [3.8, 4) is 33.4 Å². The van der Waals surface area contributed by atoms with E-state index in [-0.39, 0.29) is 0 Å². The second-order valence-corrected chi connectivity index (χ2v) is 15.8. The summed E-state index contributed by atoms with van der Waals surface area (Å²) >= 11 is 1.88. The Morgan fingerprint density at radius 2 is 0.927 bits per heavy atom. The molecule has 0 radical (unpaired) electrons. The minimum atomic E-state index is -0.418. The molecule has 55 heavy (non-hydrogen) atoms. The van der Waals surface area contributed by atoms with E-state index in [1.54, 1.807) is 0 Å². The van der Waals surface area contributed by atoms with Crippen LogP contribution in [-0.4, -0.2) is 0 Å². The van der Waals surface area contributed by atoms with Gasteiger partial charge >= 0.3 is 0 Å². The number of rotatable bonds is 4. The van der Waals surface area contributed by atoms with Gasteiger partial charge in [0.15, 0.2) is 0 Å². The minimum absolute atomic E-state index is 0.418. The first kappa shape index (κ1) is 30.7. The largest absolute Gasteiger partial charge is 0.310 e. The number of benzene rings is 9. The van der Waals surface area contributed by atoms with E-state index in [1.165, 1.54) is 86.6 Å². The van der Waals surface area contributed by atoms with Crippen LogP contribution in [0.15, 0.2) is 200 Å². The van der Waals surface area contributed by atoms with Gasteiger partial charge in [-0.25, -0.2) is 0 Å². The zero-order chi connectivity index (χ0) is 36.1. The highest BCUT2D eigenvalue weighted by Crippen LogP contribution is 2.63.